The fourth-order valence-electron chi connectivity index (χ4n) is 4.38. The molecule has 4 heteroatoms. The van der Waals surface area contributed by atoms with Gasteiger partial charge in [-0.25, -0.2) is 4.67 Å². The van der Waals surface area contributed by atoms with Crippen LogP contribution >= 0.6 is 8.53 Å². The fraction of sp³-hybridized carbons (Fsp3) is 0.308. The van der Waals surface area contributed by atoms with Crippen molar-refractivity contribution in [3.05, 3.63) is 82.9 Å². The van der Waals surface area contributed by atoms with Crippen molar-refractivity contribution in [1.29, 1.82) is 0 Å². The minimum Gasteiger partial charge on any atom is -0.427 e. The standard InChI is InChI=1S/C26H28NO2P/c1-3-27(4-2)30-28-25-8-6-5-7-23(25)24-17-19-9-13-21(24)14-10-20-12-16-22(15-11-19)26(18-20)29-30/h5-9,12-13,16-18H,3-4,10-11,14-15H2,1-2H3/t30-/m1/s1. The van der Waals surface area contributed by atoms with Crippen LogP contribution in [0.15, 0.2) is 60.7 Å². The Bertz CT molecular complexity index is 1060. The van der Waals surface area contributed by atoms with Gasteiger partial charge >= 0.3 is 8.53 Å². The van der Waals surface area contributed by atoms with Gasteiger partial charge in [-0.3, -0.25) is 0 Å². The van der Waals surface area contributed by atoms with Gasteiger partial charge in [0.15, 0.2) is 0 Å². The SMILES string of the molecule is CCN(CC)[P@@]1Oc2cc3ccc2CCc2ccc(c(c2)-c2ccccc2O1)CC3. The minimum absolute atomic E-state index is 0.889. The molecule has 3 nitrogen and oxygen atoms in total. The Morgan fingerprint density at radius 2 is 1.37 bits per heavy atom. The van der Waals surface area contributed by atoms with Crippen LogP contribution in [-0.4, -0.2) is 17.8 Å². The maximum atomic E-state index is 6.67. The fourth-order valence-corrected chi connectivity index (χ4v) is 5.77. The van der Waals surface area contributed by atoms with Gasteiger partial charge < -0.3 is 9.05 Å². The zero-order valence-electron chi connectivity index (χ0n) is 17.7. The van der Waals surface area contributed by atoms with Gasteiger partial charge in [-0.1, -0.05) is 62.4 Å². The van der Waals surface area contributed by atoms with E-state index in [4.69, 9.17) is 9.05 Å². The highest BCUT2D eigenvalue weighted by Gasteiger charge is 2.27. The second kappa shape index (κ2) is 8.41. The van der Waals surface area contributed by atoms with Crippen LogP contribution in [0, 0.1) is 0 Å². The molecule has 4 aliphatic carbocycles. The minimum atomic E-state index is -1.25. The first kappa shape index (κ1) is 19.6. The van der Waals surface area contributed by atoms with Gasteiger partial charge in [-0.2, -0.15) is 0 Å². The van der Waals surface area contributed by atoms with Gasteiger partial charge in [-0.05, 0) is 65.6 Å². The first-order valence-electron chi connectivity index (χ1n) is 11.0. The molecule has 30 heavy (non-hydrogen) atoms. The molecule has 6 aliphatic rings. The Balaban J connectivity index is 1.75. The lowest BCUT2D eigenvalue weighted by molar-refractivity contribution is 0.370. The normalized spacial score (nSPS) is 17.2. The Labute approximate surface area is 180 Å². The zero-order valence-corrected chi connectivity index (χ0v) is 18.6. The van der Waals surface area contributed by atoms with Crippen LogP contribution in [0.1, 0.15) is 36.1 Å². The Hall–Kier alpha value is -2.35. The molecule has 0 N–H and O–H groups in total. The Morgan fingerprint density at radius 3 is 2.17 bits per heavy atom. The first-order valence-corrected chi connectivity index (χ1v) is 12.1. The molecule has 3 aromatic carbocycles. The molecule has 0 saturated heterocycles. The van der Waals surface area contributed by atoms with Crippen LogP contribution in [0.2, 0.25) is 0 Å². The molecule has 0 aromatic heterocycles. The summed E-state index contributed by atoms with van der Waals surface area (Å²) in [5.74, 6) is 1.89. The van der Waals surface area contributed by atoms with Crippen molar-refractivity contribution in [2.24, 2.45) is 0 Å². The first-order chi connectivity index (χ1) is 14.7. The summed E-state index contributed by atoms with van der Waals surface area (Å²) in [7, 11) is -1.25. The van der Waals surface area contributed by atoms with Gasteiger partial charge in [0.05, 0.1) is 0 Å². The Morgan fingerprint density at radius 1 is 0.700 bits per heavy atom. The molecule has 2 aliphatic heterocycles. The van der Waals surface area contributed by atoms with Gasteiger partial charge in [-0.15, -0.1) is 0 Å². The van der Waals surface area contributed by atoms with Crippen molar-refractivity contribution >= 4 is 8.53 Å². The number of fused-ring (bicyclic) bond motifs is 2. The molecule has 0 radical (unpaired) electrons. The van der Waals surface area contributed by atoms with E-state index >= 15 is 0 Å². The molecule has 0 amide bonds. The summed E-state index contributed by atoms with van der Waals surface area (Å²) in [4.78, 5) is 0. The van der Waals surface area contributed by atoms with Crippen molar-refractivity contribution < 1.29 is 9.05 Å². The van der Waals surface area contributed by atoms with Gasteiger partial charge in [0.1, 0.15) is 11.5 Å². The molecule has 9 rings (SSSR count). The lowest BCUT2D eigenvalue weighted by Gasteiger charge is -2.30. The highest BCUT2D eigenvalue weighted by atomic mass is 31.2. The number of para-hydroxylation sites is 1. The summed E-state index contributed by atoms with van der Waals surface area (Å²) in [5.41, 5.74) is 7.81. The summed E-state index contributed by atoms with van der Waals surface area (Å²) >= 11 is 0. The van der Waals surface area contributed by atoms with Crippen molar-refractivity contribution in [2.75, 3.05) is 13.1 Å². The molecule has 0 saturated carbocycles. The molecule has 0 fully saturated rings. The van der Waals surface area contributed by atoms with Gasteiger partial charge in [0.2, 0.25) is 0 Å². The van der Waals surface area contributed by atoms with Crippen LogP contribution in [0.25, 0.3) is 11.1 Å². The van der Waals surface area contributed by atoms with E-state index < -0.39 is 8.53 Å². The number of benzene rings is 3. The molecule has 1 atom stereocenters. The van der Waals surface area contributed by atoms with E-state index in [1.165, 1.54) is 33.4 Å². The van der Waals surface area contributed by atoms with Crippen LogP contribution in [0.5, 0.6) is 11.5 Å². The number of hydrogen-bond donors (Lipinski definition) is 0. The monoisotopic (exact) mass is 417 g/mol. The van der Waals surface area contributed by atoms with Crippen molar-refractivity contribution in [2.45, 2.75) is 39.5 Å². The number of aryl methyl sites for hydroxylation is 4. The van der Waals surface area contributed by atoms with Crippen molar-refractivity contribution in [3.8, 4) is 22.6 Å². The smallest absolute Gasteiger partial charge is 0.384 e. The molecule has 154 valence electrons. The summed E-state index contributed by atoms with van der Waals surface area (Å²) in [6.07, 6.45) is 4.00. The quantitative estimate of drug-likeness (QED) is 0.450. The highest BCUT2D eigenvalue weighted by Crippen LogP contribution is 2.48. The average Bonchev–Trinajstić information content (AvgIpc) is 2.76. The Kier molecular flexibility index (Phi) is 5.50. The number of nitrogens with zero attached hydrogens (tertiary/aromatic N) is 1. The van der Waals surface area contributed by atoms with Gasteiger partial charge in [0.25, 0.3) is 0 Å². The van der Waals surface area contributed by atoms with Crippen LogP contribution in [-0.2, 0) is 25.7 Å². The molecular weight excluding hydrogens is 389 g/mol. The lowest BCUT2D eigenvalue weighted by Crippen LogP contribution is -2.22. The van der Waals surface area contributed by atoms with E-state index in [0.29, 0.717) is 0 Å². The van der Waals surface area contributed by atoms with E-state index in [0.717, 1.165) is 50.3 Å². The molecular formula is C26H28NO2P. The maximum Gasteiger partial charge on any atom is 0.384 e. The number of rotatable bonds is 3. The second-order valence-corrected chi connectivity index (χ2v) is 9.40. The third-order valence-electron chi connectivity index (χ3n) is 6.16. The van der Waals surface area contributed by atoms with E-state index in [-0.39, 0.29) is 0 Å². The average molecular weight is 417 g/mol. The van der Waals surface area contributed by atoms with Gasteiger partial charge in [0, 0.05) is 18.7 Å². The largest absolute Gasteiger partial charge is 0.427 e. The summed E-state index contributed by atoms with van der Waals surface area (Å²) in [6.45, 7) is 6.12. The summed E-state index contributed by atoms with van der Waals surface area (Å²) < 4.78 is 15.6. The van der Waals surface area contributed by atoms with Crippen molar-refractivity contribution in [1.82, 2.24) is 4.67 Å². The third kappa shape index (κ3) is 3.73. The van der Waals surface area contributed by atoms with E-state index in [1.807, 2.05) is 0 Å². The van der Waals surface area contributed by atoms with E-state index in [1.54, 1.807) is 0 Å². The number of hydrogen-bond acceptors (Lipinski definition) is 3. The highest BCUT2D eigenvalue weighted by molar-refractivity contribution is 7.45. The summed E-state index contributed by atoms with van der Waals surface area (Å²) in [5, 5.41) is 0. The molecule has 3 aromatic rings. The molecule has 2 heterocycles. The molecule has 6 bridgehead atoms. The second-order valence-electron chi connectivity index (χ2n) is 7.99. The van der Waals surface area contributed by atoms with Crippen LogP contribution in [0.4, 0.5) is 0 Å². The van der Waals surface area contributed by atoms with E-state index in [9.17, 15) is 0 Å². The topological polar surface area (TPSA) is 21.7 Å². The molecule has 0 unspecified atom stereocenters. The van der Waals surface area contributed by atoms with Crippen molar-refractivity contribution in [3.63, 3.8) is 0 Å². The molecule has 0 spiro atoms. The van der Waals surface area contributed by atoms with Crippen LogP contribution in [0.3, 0.4) is 0 Å². The predicted molar refractivity (Wildman–Crippen MR) is 124 cm³/mol. The summed E-state index contributed by atoms with van der Waals surface area (Å²) in [6, 6.07) is 22.2. The maximum absolute atomic E-state index is 6.67. The van der Waals surface area contributed by atoms with E-state index in [2.05, 4.69) is 79.2 Å². The third-order valence-corrected chi connectivity index (χ3v) is 7.90. The predicted octanol–water partition coefficient (Wildman–Crippen LogP) is 6.58. The lowest BCUT2D eigenvalue weighted by atomic mass is 9.90. The zero-order chi connectivity index (χ0) is 20.5. The van der Waals surface area contributed by atoms with Crippen LogP contribution < -0.4 is 9.05 Å².